The molecule has 0 spiro atoms. The lowest BCUT2D eigenvalue weighted by molar-refractivity contribution is 0.103. The van der Waals surface area contributed by atoms with Gasteiger partial charge in [0.15, 0.2) is 5.16 Å². The minimum atomic E-state index is -0.322. The molecule has 0 atom stereocenters. The lowest BCUT2D eigenvalue weighted by atomic mass is 10.1. The molecule has 4 aromatic rings. The summed E-state index contributed by atoms with van der Waals surface area (Å²) in [6.07, 6.45) is 0. The van der Waals surface area contributed by atoms with Gasteiger partial charge in [-0.1, -0.05) is 65.3 Å². The largest absolute Gasteiger partial charge is 0.320 e. The van der Waals surface area contributed by atoms with Gasteiger partial charge in [0.05, 0.1) is 26.7 Å². The van der Waals surface area contributed by atoms with Crippen molar-refractivity contribution in [3.05, 3.63) is 85.5 Å². The first kappa shape index (κ1) is 20.9. The Morgan fingerprint density at radius 3 is 2.62 bits per heavy atom. The summed E-state index contributed by atoms with van der Waals surface area (Å²) in [7, 11) is 0. The fourth-order valence-electron chi connectivity index (χ4n) is 3.47. The number of rotatable bonds is 3. The van der Waals surface area contributed by atoms with Crippen LogP contribution in [0.2, 0.25) is 5.02 Å². The molecule has 2 aromatic heterocycles. The van der Waals surface area contributed by atoms with Crippen molar-refractivity contribution in [2.24, 2.45) is 5.10 Å². The lowest BCUT2D eigenvalue weighted by Gasteiger charge is -2.15. The molecule has 3 heterocycles. The van der Waals surface area contributed by atoms with E-state index < -0.39 is 0 Å². The van der Waals surface area contributed by atoms with Crippen LogP contribution in [0.4, 0.5) is 5.69 Å². The number of benzene rings is 2. The van der Waals surface area contributed by atoms with Crippen LogP contribution in [0, 0.1) is 13.8 Å². The van der Waals surface area contributed by atoms with Gasteiger partial charge in [0.25, 0.3) is 11.5 Å². The molecule has 0 saturated heterocycles. The van der Waals surface area contributed by atoms with Crippen LogP contribution in [0.3, 0.4) is 0 Å². The van der Waals surface area contributed by atoms with Crippen LogP contribution < -0.4 is 10.9 Å². The van der Waals surface area contributed by atoms with Gasteiger partial charge in [-0.3, -0.25) is 9.59 Å². The minimum Gasteiger partial charge on any atom is -0.320 e. The summed E-state index contributed by atoms with van der Waals surface area (Å²) < 4.78 is 1.35. The predicted molar refractivity (Wildman–Crippen MR) is 132 cm³/mol. The van der Waals surface area contributed by atoms with Gasteiger partial charge in [0.2, 0.25) is 0 Å². The van der Waals surface area contributed by atoms with Gasteiger partial charge in [-0.05, 0) is 37.1 Å². The van der Waals surface area contributed by atoms with Gasteiger partial charge in [0, 0.05) is 5.75 Å². The Bertz CT molecular complexity index is 1470. The number of hydrogen-bond acceptors (Lipinski definition) is 6. The molecule has 1 amide bonds. The molecule has 0 saturated carbocycles. The monoisotopic (exact) mass is 480 g/mol. The van der Waals surface area contributed by atoms with E-state index in [0.717, 1.165) is 16.8 Å². The van der Waals surface area contributed by atoms with Gasteiger partial charge in [-0.2, -0.15) is 9.78 Å². The molecule has 6 nitrogen and oxygen atoms in total. The maximum Gasteiger partial charge on any atom is 0.283 e. The maximum atomic E-state index is 13.3. The van der Waals surface area contributed by atoms with Gasteiger partial charge in [0.1, 0.15) is 4.83 Å². The number of thiophene rings is 1. The SMILES string of the molecule is Cc1ccc(C2=Nn3c(nc4sc(C(=O)Nc5ccccc5Cl)c(C)c4c3=O)SC2)cc1. The van der Waals surface area contributed by atoms with Crippen molar-refractivity contribution in [1.29, 1.82) is 0 Å². The van der Waals surface area contributed by atoms with E-state index in [2.05, 4.69) is 15.4 Å². The van der Waals surface area contributed by atoms with Gasteiger partial charge >= 0.3 is 0 Å². The van der Waals surface area contributed by atoms with Crippen LogP contribution in [0.5, 0.6) is 0 Å². The molecule has 1 N–H and O–H groups in total. The van der Waals surface area contributed by atoms with Crippen molar-refractivity contribution in [3.8, 4) is 0 Å². The Kier molecular flexibility index (Phi) is 5.36. The van der Waals surface area contributed by atoms with Crippen molar-refractivity contribution in [2.45, 2.75) is 19.0 Å². The Morgan fingerprint density at radius 1 is 1.12 bits per heavy atom. The highest BCUT2D eigenvalue weighted by molar-refractivity contribution is 7.99. The van der Waals surface area contributed by atoms with Crippen LogP contribution in [-0.2, 0) is 0 Å². The fraction of sp³-hybridized carbons (Fsp3) is 0.130. The van der Waals surface area contributed by atoms with Gasteiger partial charge < -0.3 is 5.32 Å². The number of halogens is 1. The second-order valence-corrected chi connectivity index (χ2v) is 9.73. The molecule has 1 aliphatic rings. The van der Waals surface area contributed by atoms with E-state index in [4.69, 9.17) is 11.6 Å². The lowest BCUT2D eigenvalue weighted by Crippen LogP contribution is -2.25. The summed E-state index contributed by atoms with van der Waals surface area (Å²) in [5.74, 6) is 0.294. The van der Waals surface area contributed by atoms with Crippen molar-refractivity contribution in [3.63, 3.8) is 0 Å². The number of hydrogen-bond donors (Lipinski definition) is 1. The highest BCUT2D eigenvalue weighted by Crippen LogP contribution is 2.32. The summed E-state index contributed by atoms with van der Waals surface area (Å²) >= 11 is 8.83. The number of aryl methyl sites for hydroxylation is 2. The summed E-state index contributed by atoms with van der Waals surface area (Å²) in [6.45, 7) is 3.79. The predicted octanol–water partition coefficient (Wildman–Crippen LogP) is 5.34. The molecule has 9 heteroatoms. The highest BCUT2D eigenvalue weighted by Gasteiger charge is 2.24. The normalized spacial score (nSPS) is 13.0. The maximum absolute atomic E-state index is 13.3. The van der Waals surface area contributed by atoms with E-state index in [0.29, 0.717) is 42.3 Å². The first-order valence-electron chi connectivity index (χ1n) is 9.82. The van der Waals surface area contributed by atoms with Crippen LogP contribution in [0.25, 0.3) is 10.2 Å². The summed E-state index contributed by atoms with van der Waals surface area (Å²) in [6, 6.07) is 15.1. The first-order valence-corrected chi connectivity index (χ1v) is 12.0. The zero-order valence-electron chi connectivity index (χ0n) is 17.2. The Morgan fingerprint density at radius 2 is 1.88 bits per heavy atom. The van der Waals surface area contributed by atoms with Crippen molar-refractivity contribution in [2.75, 3.05) is 11.1 Å². The molecule has 0 unspecified atom stereocenters. The number of carbonyl (C=O) groups excluding carboxylic acids is 1. The van der Waals surface area contributed by atoms with Crippen molar-refractivity contribution >= 4 is 62.2 Å². The average Bonchev–Trinajstić information content (AvgIpc) is 3.12. The molecule has 0 aliphatic carbocycles. The standard InChI is InChI=1S/C23H17ClN4O2S2/c1-12-7-9-14(10-8-12)17-11-31-23-26-21-18(22(30)28(23)27-17)13(2)19(32-21)20(29)25-16-6-4-3-5-15(16)24/h3-10H,11H2,1-2H3,(H,25,29). The summed E-state index contributed by atoms with van der Waals surface area (Å²) in [5, 5.41) is 8.80. The number of nitrogens with zero attached hydrogens (tertiary/aromatic N) is 3. The Labute approximate surface area is 197 Å². The van der Waals surface area contributed by atoms with E-state index in [1.165, 1.54) is 27.8 Å². The quantitative estimate of drug-likeness (QED) is 0.401. The van der Waals surface area contributed by atoms with Crippen molar-refractivity contribution < 1.29 is 4.79 Å². The molecule has 32 heavy (non-hydrogen) atoms. The molecule has 0 bridgehead atoms. The zero-order chi connectivity index (χ0) is 22.4. The van der Waals surface area contributed by atoms with E-state index in [1.807, 2.05) is 31.2 Å². The number of amides is 1. The molecule has 160 valence electrons. The van der Waals surface area contributed by atoms with Crippen molar-refractivity contribution in [1.82, 2.24) is 9.66 Å². The number of anilines is 1. The Hall–Kier alpha value is -2.94. The molecule has 0 radical (unpaired) electrons. The van der Waals surface area contributed by atoms with Crippen LogP contribution in [0.15, 0.2) is 63.6 Å². The summed E-state index contributed by atoms with van der Waals surface area (Å²) in [5.41, 5.74) is 3.79. The average molecular weight is 481 g/mol. The van der Waals surface area contributed by atoms with E-state index >= 15 is 0 Å². The van der Waals surface area contributed by atoms with E-state index in [-0.39, 0.29) is 11.5 Å². The van der Waals surface area contributed by atoms with E-state index in [9.17, 15) is 9.59 Å². The zero-order valence-corrected chi connectivity index (χ0v) is 19.6. The Balaban J connectivity index is 1.57. The fourth-order valence-corrected chi connectivity index (χ4v) is 5.66. The third kappa shape index (κ3) is 3.64. The number of carbonyl (C=O) groups is 1. The van der Waals surface area contributed by atoms with E-state index in [1.54, 1.807) is 31.2 Å². The highest BCUT2D eigenvalue weighted by atomic mass is 35.5. The molecule has 1 aliphatic heterocycles. The van der Waals surface area contributed by atoms with Crippen LogP contribution in [-0.4, -0.2) is 27.0 Å². The third-order valence-corrected chi connectivity index (χ3v) is 7.64. The van der Waals surface area contributed by atoms with Gasteiger partial charge in [-0.15, -0.1) is 11.3 Å². The number of nitrogens with one attached hydrogen (secondary N) is 1. The number of para-hydroxylation sites is 1. The number of thioether (sulfide) groups is 1. The molecular weight excluding hydrogens is 464 g/mol. The molecular formula is C23H17ClN4O2S2. The smallest absolute Gasteiger partial charge is 0.283 e. The molecule has 5 rings (SSSR count). The van der Waals surface area contributed by atoms with Gasteiger partial charge in [-0.25, -0.2) is 4.98 Å². The number of aromatic nitrogens is 2. The molecule has 0 fully saturated rings. The topological polar surface area (TPSA) is 76.3 Å². The summed E-state index contributed by atoms with van der Waals surface area (Å²) in [4.78, 5) is 31.9. The third-order valence-electron chi connectivity index (χ3n) is 5.18. The second kappa shape index (κ2) is 8.20. The van der Waals surface area contributed by atoms with Crippen LogP contribution >= 0.6 is 34.7 Å². The molecule has 2 aromatic carbocycles. The minimum absolute atomic E-state index is 0.271. The van der Waals surface area contributed by atoms with Crippen LogP contribution in [0.1, 0.15) is 26.4 Å². The first-order chi connectivity index (χ1) is 15.4. The number of fused-ring (bicyclic) bond motifs is 2. The second-order valence-electron chi connectivity index (χ2n) is 7.38.